The number of para-hydroxylation sites is 1. The quantitative estimate of drug-likeness (QED) is 0.706. The lowest BCUT2D eigenvalue weighted by atomic mass is 10.1. The number of nitrogens with one attached hydrogen (secondary N) is 3. The predicted molar refractivity (Wildman–Crippen MR) is 115 cm³/mol. The third-order valence-corrected chi connectivity index (χ3v) is 4.71. The third-order valence-electron chi connectivity index (χ3n) is 4.71. The molecule has 1 aliphatic heterocycles. The molecule has 158 valence electrons. The van der Waals surface area contributed by atoms with Gasteiger partial charge >= 0.3 is 0 Å². The zero-order valence-corrected chi connectivity index (χ0v) is 18.1. The number of nitrogens with zero attached hydrogens (tertiary/aromatic N) is 3. The monoisotopic (exact) mass is 420 g/mol. The van der Waals surface area contributed by atoms with Crippen LogP contribution in [0.1, 0.15) is 66.2 Å². The summed E-state index contributed by atoms with van der Waals surface area (Å²) in [5.74, 6) is -0.604. The van der Waals surface area contributed by atoms with Gasteiger partial charge in [-0.05, 0) is 65.8 Å². The fraction of sp³-hybridized carbons (Fsp3) is 0.500. The van der Waals surface area contributed by atoms with Crippen LogP contribution < -0.4 is 16.0 Å². The highest BCUT2D eigenvalue weighted by molar-refractivity contribution is 6.08. The Balaban J connectivity index is 0.00000300. The van der Waals surface area contributed by atoms with Crippen molar-refractivity contribution in [3.05, 3.63) is 41.2 Å². The SMILES string of the molecule is Cc1c(C(=O)Nc2ccccc2C(=O)NC(C)(C)C)nnn1C1CCNCC1.Cl. The third kappa shape index (κ3) is 5.55. The summed E-state index contributed by atoms with van der Waals surface area (Å²) in [6.07, 6.45) is 1.92. The molecule has 2 amide bonds. The van der Waals surface area contributed by atoms with E-state index in [-0.39, 0.29) is 41.5 Å². The molecule has 8 nitrogen and oxygen atoms in total. The Bertz CT molecular complexity index is 868. The van der Waals surface area contributed by atoms with Crippen molar-refractivity contribution in [3.8, 4) is 0 Å². The summed E-state index contributed by atoms with van der Waals surface area (Å²) >= 11 is 0. The highest BCUT2D eigenvalue weighted by Crippen LogP contribution is 2.22. The van der Waals surface area contributed by atoms with Crippen LogP contribution in [0.25, 0.3) is 0 Å². The summed E-state index contributed by atoms with van der Waals surface area (Å²) in [5, 5.41) is 17.4. The molecule has 1 aromatic heterocycles. The van der Waals surface area contributed by atoms with E-state index in [9.17, 15) is 9.59 Å². The van der Waals surface area contributed by atoms with E-state index < -0.39 is 0 Å². The normalized spacial score (nSPS) is 14.8. The van der Waals surface area contributed by atoms with Crippen LogP contribution in [-0.2, 0) is 0 Å². The van der Waals surface area contributed by atoms with E-state index in [1.165, 1.54) is 0 Å². The molecule has 0 unspecified atom stereocenters. The van der Waals surface area contributed by atoms with Crippen molar-refractivity contribution in [2.24, 2.45) is 0 Å². The fourth-order valence-corrected chi connectivity index (χ4v) is 3.33. The van der Waals surface area contributed by atoms with Crippen LogP contribution in [0.4, 0.5) is 5.69 Å². The van der Waals surface area contributed by atoms with Crippen LogP contribution in [-0.4, -0.2) is 45.4 Å². The van der Waals surface area contributed by atoms with Gasteiger partial charge in [0.1, 0.15) is 0 Å². The van der Waals surface area contributed by atoms with Gasteiger partial charge in [0.25, 0.3) is 11.8 Å². The number of amides is 2. The molecule has 1 aliphatic rings. The van der Waals surface area contributed by atoms with E-state index in [0.29, 0.717) is 11.3 Å². The minimum absolute atomic E-state index is 0. The van der Waals surface area contributed by atoms with Crippen LogP contribution in [0.15, 0.2) is 24.3 Å². The summed E-state index contributed by atoms with van der Waals surface area (Å²) in [6, 6.07) is 7.20. The Labute approximate surface area is 177 Å². The van der Waals surface area contributed by atoms with E-state index in [4.69, 9.17) is 0 Å². The summed E-state index contributed by atoms with van der Waals surface area (Å²) in [5.41, 5.74) is 1.51. The minimum Gasteiger partial charge on any atom is -0.347 e. The van der Waals surface area contributed by atoms with Gasteiger partial charge in [-0.25, -0.2) is 4.68 Å². The lowest BCUT2D eigenvalue weighted by Gasteiger charge is -2.23. The van der Waals surface area contributed by atoms with Crippen molar-refractivity contribution in [2.75, 3.05) is 18.4 Å². The van der Waals surface area contributed by atoms with Gasteiger partial charge in [-0.2, -0.15) is 0 Å². The Morgan fingerprint density at radius 1 is 1.14 bits per heavy atom. The number of piperidine rings is 1. The van der Waals surface area contributed by atoms with Gasteiger partial charge in [-0.1, -0.05) is 17.3 Å². The minimum atomic E-state index is -0.373. The summed E-state index contributed by atoms with van der Waals surface area (Å²) in [6.45, 7) is 9.45. The van der Waals surface area contributed by atoms with Gasteiger partial charge in [0.05, 0.1) is 23.0 Å². The molecular formula is C20H29ClN6O2. The van der Waals surface area contributed by atoms with Gasteiger partial charge in [0, 0.05) is 5.54 Å². The molecule has 29 heavy (non-hydrogen) atoms. The van der Waals surface area contributed by atoms with Crippen LogP contribution in [0, 0.1) is 6.92 Å². The van der Waals surface area contributed by atoms with Gasteiger partial charge in [0.2, 0.25) is 0 Å². The van der Waals surface area contributed by atoms with Gasteiger partial charge in [-0.3, -0.25) is 9.59 Å². The maximum Gasteiger partial charge on any atom is 0.278 e. The second-order valence-corrected chi connectivity index (χ2v) is 8.15. The zero-order chi connectivity index (χ0) is 20.3. The Morgan fingerprint density at radius 2 is 1.79 bits per heavy atom. The van der Waals surface area contributed by atoms with E-state index in [1.54, 1.807) is 24.3 Å². The fourth-order valence-electron chi connectivity index (χ4n) is 3.33. The first-order valence-electron chi connectivity index (χ1n) is 9.61. The largest absolute Gasteiger partial charge is 0.347 e. The highest BCUT2D eigenvalue weighted by atomic mass is 35.5. The molecule has 9 heteroatoms. The standard InChI is InChI=1S/C20H28N6O2.ClH/c1-13-17(24-25-26(13)14-9-11-21-12-10-14)19(28)22-16-8-6-5-7-15(16)18(27)23-20(2,3)4;/h5-8,14,21H,9-12H2,1-4H3,(H,22,28)(H,23,27);1H. The molecule has 0 atom stereocenters. The van der Waals surface area contributed by atoms with Gasteiger partial charge in [-0.15, -0.1) is 17.5 Å². The van der Waals surface area contributed by atoms with Crippen molar-refractivity contribution < 1.29 is 9.59 Å². The first kappa shape index (κ1) is 22.8. The number of aromatic nitrogens is 3. The first-order chi connectivity index (χ1) is 13.3. The number of hydrogen-bond acceptors (Lipinski definition) is 5. The smallest absolute Gasteiger partial charge is 0.278 e. The van der Waals surface area contributed by atoms with Crippen LogP contribution >= 0.6 is 12.4 Å². The van der Waals surface area contributed by atoms with Crippen LogP contribution in [0.2, 0.25) is 0 Å². The molecule has 0 aliphatic carbocycles. The zero-order valence-electron chi connectivity index (χ0n) is 17.3. The van der Waals surface area contributed by atoms with Crippen LogP contribution in [0.5, 0.6) is 0 Å². The molecule has 1 fully saturated rings. The van der Waals surface area contributed by atoms with Crippen molar-refractivity contribution in [2.45, 2.75) is 52.1 Å². The van der Waals surface area contributed by atoms with Crippen molar-refractivity contribution in [3.63, 3.8) is 0 Å². The molecule has 1 aromatic carbocycles. The molecule has 3 rings (SSSR count). The van der Waals surface area contributed by atoms with E-state index in [1.807, 2.05) is 32.4 Å². The predicted octanol–water partition coefficient (Wildman–Crippen LogP) is 2.71. The number of hydrogen-bond donors (Lipinski definition) is 3. The number of carbonyl (C=O) groups is 2. The molecule has 2 heterocycles. The Kier molecular flexibility index (Phi) is 7.37. The van der Waals surface area contributed by atoms with Crippen molar-refractivity contribution in [1.82, 2.24) is 25.6 Å². The molecular weight excluding hydrogens is 392 g/mol. The van der Waals surface area contributed by atoms with E-state index >= 15 is 0 Å². The summed E-state index contributed by atoms with van der Waals surface area (Å²) in [4.78, 5) is 25.4. The molecule has 1 saturated heterocycles. The van der Waals surface area contributed by atoms with Gasteiger partial charge in [0.15, 0.2) is 5.69 Å². The number of benzene rings is 1. The van der Waals surface area contributed by atoms with Crippen molar-refractivity contribution >= 4 is 29.9 Å². The van der Waals surface area contributed by atoms with Crippen LogP contribution in [0.3, 0.4) is 0 Å². The first-order valence-corrected chi connectivity index (χ1v) is 9.61. The topological polar surface area (TPSA) is 101 Å². The number of anilines is 1. The average molecular weight is 421 g/mol. The van der Waals surface area contributed by atoms with Gasteiger partial charge < -0.3 is 16.0 Å². The number of carbonyl (C=O) groups excluding carboxylic acids is 2. The second-order valence-electron chi connectivity index (χ2n) is 8.15. The average Bonchev–Trinajstić information content (AvgIpc) is 3.03. The number of rotatable bonds is 4. The number of halogens is 1. The summed E-state index contributed by atoms with van der Waals surface area (Å²) in [7, 11) is 0. The second kappa shape index (κ2) is 9.37. The maximum absolute atomic E-state index is 12.8. The van der Waals surface area contributed by atoms with Crippen molar-refractivity contribution in [1.29, 1.82) is 0 Å². The van der Waals surface area contributed by atoms with E-state index in [2.05, 4.69) is 26.3 Å². The molecule has 0 bridgehead atoms. The Hall–Kier alpha value is -2.45. The van der Waals surface area contributed by atoms with E-state index in [0.717, 1.165) is 31.6 Å². The molecule has 0 saturated carbocycles. The Morgan fingerprint density at radius 3 is 2.45 bits per heavy atom. The molecule has 0 radical (unpaired) electrons. The molecule has 2 aromatic rings. The lowest BCUT2D eigenvalue weighted by molar-refractivity contribution is 0.0920. The maximum atomic E-state index is 12.8. The summed E-state index contributed by atoms with van der Waals surface area (Å²) < 4.78 is 1.84. The lowest BCUT2D eigenvalue weighted by Crippen LogP contribution is -2.40. The highest BCUT2D eigenvalue weighted by Gasteiger charge is 2.24. The molecule has 3 N–H and O–H groups in total. The molecule has 0 spiro atoms.